The number of amides is 1. The zero-order valence-electron chi connectivity index (χ0n) is 25.1. The number of alkyl halides is 4. The normalized spacial score (nSPS) is 20.1. The molecule has 16 heteroatoms. The van der Waals surface area contributed by atoms with Gasteiger partial charge in [-0.15, -0.1) is 11.3 Å². The summed E-state index contributed by atoms with van der Waals surface area (Å²) in [4.78, 5) is 22.5. The first kappa shape index (κ1) is 33.0. The highest BCUT2D eigenvalue weighted by molar-refractivity contribution is 7.23. The van der Waals surface area contributed by atoms with Crippen molar-refractivity contribution in [2.75, 3.05) is 25.0 Å². The molecule has 0 bridgehead atoms. The van der Waals surface area contributed by atoms with Crippen molar-refractivity contribution in [1.82, 2.24) is 14.9 Å². The Hall–Kier alpha value is -3.87. The van der Waals surface area contributed by atoms with Crippen LogP contribution in [0.15, 0.2) is 18.2 Å². The van der Waals surface area contributed by atoms with Gasteiger partial charge in [0.05, 0.1) is 21.4 Å². The summed E-state index contributed by atoms with van der Waals surface area (Å²) in [6.45, 7) is 5.64. The smallest absolute Gasteiger partial charge is 0.417 e. The molecule has 47 heavy (non-hydrogen) atoms. The number of carbonyl (C=O) groups excluding carboxylic acids is 1. The number of carbonyl (C=O) groups is 1. The molecule has 2 atom stereocenters. The first-order chi connectivity index (χ1) is 22.0. The van der Waals surface area contributed by atoms with Gasteiger partial charge in [-0.25, -0.2) is 18.0 Å². The molecule has 1 N–H and O–H groups in total. The maximum Gasteiger partial charge on any atom is 0.417 e. The van der Waals surface area contributed by atoms with Gasteiger partial charge in [0.2, 0.25) is 0 Å². The lowest BCUT2D eigenvalue weighted by atomic mass is 9.92. The molecule has 2 saturated heterocycles. The molecule has 2 aliphatic heterocycles. The largest absolute Gasteiger partial charge is 0.461 e. The number of anilines is 1. The van der Waals surface area contributed by atoms with Crippen LogP contribution in [0.25, 0.3) is 32.1 Å². The lowest BCUT2D eigenvalue weighted by molar-refractivity contribution is -0.137. The van der Waals surface area contributed by atoms with E-state index in [-0.39, 0.29) is 34.7 Å². The number of nitriles is 1. The fraction of sp³-hybridized carbons (Fsp3) is 0.419. The number of nitrogens with one attached hydrogen (secondary N) is 1. The predicted molar refractivity (Wildman–Crippen MR) is 163 cm³/mol. The van der Waals surface area contributed by atoms with Crippen LogP contribution in [-0.2, 0) is 10.9 Å². The molecule has 2 fully saturated rings. The Labute approximate surface area is 273 Å². The molecule has 0 saturated carbocycles. The van der Waals surface area contributed by atoms with Crippen molar-refractivity contribution >= 4 is 55.0 Å². The summed E-state index contributed by atoms with van der Waals surface area (Å²) in [5.74, 6) is -2.39. The van der Waals surface area contributed by atoms with Gasteiger partial charge < -0.3 is 9.47 Å². The van der Waals surface area contributed by atoms with Crippen LogP contribution in [0.1, 0.15) is 51.2 Å². The van der Waals surface area contributed by atoms with E-state index < -0.39 is 85.5 Å². The molecule has 8 nitrogen and oxygen atoms in total. The molecule has 2 aromatic carbocycles. The number of hydrogen-bond donors (Lipinski definition) is 1. The van der Waals surface area contributed by atoms with Crippen molar-refractivity contribution in [3.05, 3.63) is 46.1 Å². The number of thiophene rings is 1. The number of ether oxygens (including phenoxy) is 2. The van der Waals surface area contributed by atoms with Gasteiger partial charge in [-0.05, 0) is 57.9 Å². The third kappa shape index (κ3) is 6.02. The van der Waals surface area contributed by atoms with Crippen LogP contribution < -0.4 is 10.1 Å². The minimum atomic E-state index is -5.15. The van der Waals surface area contributed by atoms with Gasteiger partial charge >= 0.3 is 18.3 Å². The number of rotatable bonds is 5. The van der Waals surface area contributed by atoms with Crippen molar-refractivity contribution in [2.24, 2.45) is 0 Å². The van der Waals surface area contributed by atoms with E-state index in [1.807, 2.05) is 4.90 Å². The van der Waals surface area contributed by atoms with Gasteiger partial charge in [-0.2, -0.15) is 28.4 Å². The molecule has 0 unspecified atom stereocenters. The van der Waals surface area contributed by atoms with Crippen LogP contribution in [0.3, 0.4) is 0 Å². The molecule has 4 aromatic rings. The second kappa shape index (κ2) is 11.7. The molecule has 6 rings (SSSR count). The Morgan fingerprint density at radius 3 is 2.68 bits per heavy atom. The Morgan fingerprint density at radius 1 is 1.26 bits per heavy atom. The summed E-state index contributed by atoms with van der Waals surface area (Å²) in [6.07, 6.45) is -5.51. The van der Waals surface area contributed by atoms with Crippen LogP contribution in [0.5, 0.6) is 6.01 Å². The van der Waals surface area contributed by atoms with E-state index in [4.69, 9.17) is 21.1 Å². The average molecular weight is 698 g/mol. The van der Waals surface area contributed by atoms with Crippen LogP contribution in [-0.4, -0.2) is 58.0 Å². The number of halogens is 7. The number of hydrogen-bond acceptors (Lipinski definition) is 8. The lowest BCUT2D eigenvalue weighted by Gasteiger charge is -2.30. The van der Waals surface area contributed by atoms with Crippen LogP contribution in [0.2, 0.25) is 5.15 Å². The third-order valence-electron chi connectivity index (χ3n) is 8.19. The summed E-state index contributed by atoms with van der Waals surface area (Å²) >= 11 is 6.85. The highest BCUT2D eigenvalue weighted by Crippen LogP contribution is 2.48. The zero-order valence-corrected chi connectivity index (χ0v) is 26.7. The second-order valence-corrected chi connectivity index (χ2v) is 13.9. The number of nitrogens with zero attached hydrogens (tertiary/aromatic N) is 4. The Morgan fingerprint density at radius 2 is 2.00 bits per heavy atom. The average Bonchev–Trinajstić information content (AvgIpc) is 3.61. The number of benzene rings is 2. The molecule has 2 aliphatic rings. The van der Waals surface area contributed by atoms with Gasteiger partial charge in [-0.3, -0.25) is 10.2 Å². The molecule has 0 spiro atoms. The van der Waals surface area contributed by atoms with Crippen molar-refractivity contribution in [2.45, 2.75) is 63.5 Å². The van der Waals surface area contributed by atoms with Crippen molar-refractivity contribution in [3.63, 3.8) is 0 Å². The number of aromatic nitrogens is 2. The molecular weight excluding hydrogens is 672 g/mol. The fourth-order valence-corrected chi connectivity index (χ4v) is 7.63. The molecule has 1 amide bonds. The van der Waals surface area contributed by atoms with Gasteiger partial charge in [0.1, 0.15) is 45.9 Å². The standard InChI is InChI=1S/C31H26ClF6N5O3S/c1-29(2,3)46-28(44)42-26-17(11-39)20-15(5-6-19(34)24(20)47-26)21-18(31(36,37)38)9-16-23(22(21)35)40-27(41-25(16)32)45-13-30-7-4-8-43(30)12-14(33)10-30/h5-6,9,14H,4,7-8,10,12-13H2,1-3H3,(H,42,44)/t14-,30+/m1/s1. The summed E-state index contributed by atoms with van der Waals surface area (Å²) in [6, 6.07) is 3.71. The van der Waals surface area contributed by atoms with Crippen LogP contribution >= 0.6 is 22.9 Å². The van der Waals surface area contributed by atoms with Gasteiger partial charge in [-0.1, -0.05) is 17.7 Å². The fourth-order valence-electron chi connectivity index (χ4n) is 6.34. The Bertz CT molecular complexity index is 1970. The van der Waals surface area contributed by atoms with E-state index >= 15 is 8.78 Å². The van der Waals surface area contributed by atoms with E-state index in [9.17, 15) is 27.6 Å². The highest BCUT2D eigenvalue weighted by atomic mass is 35.5. The third-order valence-corrected chi connectivity index (χ3v) is 9.59. The number of fused-ring (bicyclic) bond motifs is 3. The minimum absolute atomic E-state index is 0.0448. The predicted octanol–water partition coefficient (Wildman–Crippen LogP) is 8.64. The van der Waals surface area contributed by atoms with Crippen molar-refractivity contribution < 1.29 is 40.6 Å². The maximum atomic E-state index is 16.6. The van der Waals surface area contributed by atoms with Gasteiger partial charge in [0.15, 0.2) is 5.82 Å². The highest BCUT2D eigenvalue weighted by Gasteiger charge is 2.49. The zero-order chi connectivity index (χ0) is 34.1. The summed E-state index contributed by atoms with van der Waals surface area (Å²) in [5, 5.41) is 10.8. The minimum Gasteiger partial charge on any atom is -0.461 e. The van der Waals surface area contributed by atoms with Gasteiger partial charge in [0, 0.05) is 29.3 Å². The lowest BCUT2D eigenvalue weighted by Crippen LogP contribution is -2.43. The van der Waals surface area contributed by atoms with E-state index in [1.54, 1.807) is 26.8 Å². The van der Waals surface area contributed by atoms with E-state index in [0.717, 1.165) is 18.6 Å². The Kier molecular flexibility index (Phi) is 8.21. The SMILES string of the molecule is CC(C)(C)OC(=O)Nc1sc2c(F)ccc(-c3c(C(F)(F)F)cc4c(Cl)nc(OC[C@@]56CCCN5C[C@H](F)C6)nc4c3F)c2c1C#N. The van der Waals surface area contributed by atoms with Crippen LogP contribution in [0.4, 0.5) is 36.1 Å². The molecule has 248 valence electrons. The second-order valence-electron chi connectivity index (χ2n) is 12.5. The molecule has 0 radical (unpaired) electrons. The first-order valence-corrected chi connectivity index (χ1v) is 15.6. The summed E-state index contributed by atoms with van der Waals surface area (Å²) in [5.41, 5.74) is -5.55. The first-order valence-electron chi connectivity index (χ1n) is 14.5. The van der Waals surface area contributed by atoms with Crippen molar-refractivity contribution in [3.8, 4) is 23.2 Å². The quantitative estimate of drug-likeness (QED) is 0.165. The monoisotopic (exact) mass is 697 g/mol. The molecule has 4 heterocycles. The van der Waals surface area contributed by atoms with Crippen molar-refractivity contribution in [1.29, 1.82) is 5.26 Å². The summed E-state index contributed by atoms with van der Waals surface area (Å²) in [7, 11) is 0. The summed E-state index contributed by atoms with van der Waals surface area (Å²) < 4.78 is 100. The van der Waals surface area contributed by atoms with E-state index in [0.29, 0.717) is 30.4 Å². The maximum absolute atomic E-state index is 16.6. The topological polar surface area (TPSA) is 100 Å². The molecule has 0 aliphatic carbocycles. The molecule has 2 aromatic heterocycles. The van der Waals surface area contributed by atoms with Gasteiger partial charge in [0.25, 0.3) is 0 Å². The molecular formula is C31H26ClF6N5O3S. The Balaban J connectivity index is 1.51. The van der Waals surface area contributed by atoms with E-state index in [1.165, 1.54) is 0 Å². The van der Waals surface area contributed by atoms with Crippen LogP contribution in [0, 0.1) is 23.0 Å². The van der Waals surface area contributed by atoms with E-state index in [2.05, 4.69) is 15.3 Å².